The van der Waals surface area contributed by atoms with E-state index in [2.05, 4.69) is 9.68 Å². The molecule has 0 aromatic heterocycles. The molecule has 0 radical (unpaired) electrons. The molecule has 0 spiro atoms. The summed E-state index contributed by atoms with van der Waals surface area (Å²) in [7, 11) is 0. The normalized spacial score (nSPS) is 22.8. The number of fused-ring (bicyclic) bond motifs is 1. The van der Waals surface area contributed by atoms with E-state index in [4.69, 9.17) is 23.7 Å². The number of hydrogen-bond acceptors (Lipinski definition) is 15. The first-order valence-corrected chi connectivity index (χ1v) is 10.8. The largest absolute Gasteiger partial charge is 0.514 e. The van der Waals surface area contributed by atoms with Crippen molar-refractivity contribution in [3.8, 4) is 5.75 Å². The zero-order valence-electron chi connectivity index (χ0n) is 18.9. The lowest BCUT2D eigenvalue weighted by molar-refractivity contribution is -0.790. The van der Waals surface area contributed by atoms with E-state index in [0.29, 0.717) is 0 Å². The van der Waals surface area contributed by atoms with Gasteiger partial charge in [0.25, 0.3) is 15.9 Å². The Balaban J connectivity index is 1.41. The molecule has 2 saturated heterocycles. The van der Waals surface area contributed by atoms with Crippen molar-refractivity contribution in [2.45, 2.75) is 49.8 Å². The SMILES string of the molecule is O=C(CCCC(CO[N+](=O)[O-])O[N+](=O)[O-])O[C@H]1CO[C@H]2[C@@H]1OC[C@@H]2OC(=O)Oc1ccc([N+](=O)[O-])cc1. The van der Waals surface area contributed by atoms with Crippen molar-refractivity contribution in [1.29, 1.82) is 0 Å². The Morgan fingerprint density at radius 3 is 2.14 bits per heavy atom. The molecule has 0 amide bonds. The average Bonchev–Trinajstić information content (AvgIpc) is 3.40. The Morgan fingerprint density at radius 2 is 1.57 bits per heavy atom. The number of non-ortho nitro benzene ring substituents is 1. The Morgan fingerprint density at radius 1 is 0.946 bits per heavy atom. The first-order valence-electron chi connectivity index (χ1n) is 10.8. The van der Waals surface area contributed by atoms with Gasteiger partial charge in [-0.05, 0) is 25.0 Å². The first kappa shape index (κ1) is 27.3. The molecule has 3 rings (SSSR count). The number of rotatable bonds is 13. The zero-order chi connectivity index (χ0) is 26.9. The van der Waals surface area contributed by atoms with Gasteiger partial charge in [-0.25, -0.2) is 4.79 Å². The number of nitrogens with zero attached hydrogens (tertiary/aromatic N) is 3. The Bertz CT molecular complexity index is 1000. The number of nitro groups is 1. The van der Waals surface area contributed by atoms with Crippen LogP contribution in [-0.4, -0.2) is 77.6 Å². The Labute approximate surface area is 206 Å². The van der Waals surface area contributed by atoms with Gasteiger partial charge in [-0.3, -0.25) is 14.9 Å². The van der Waals surface area contributed by atoms with Crippen LogP contribution < -0.4 is 4.74 Å². The maximum Gasteiger partial charge on any atom is 0.514 e. The molecular formula is C19H21N3O15. The van der Waals surface area contributed by atoms with Gasteiger partial charge in [-0.15, -0.1) is 20.2 Å². The van der Waals surface area contributed by atoms with Crippen molar-refractivity contribution in [1.82, 2.24) is 0 Å². The minimum atomic E-state index is -1.24. The fourth-order valence-electron chi connectivity index (χ4n) is 3.64. The summed E-state index contributed by atoms with van der Waals surface area (Å²) in [5, 5.41) is 29.2. The molecule has 2 heterocycles. The summed E-state index contributed by atoms with van der Waals surface area (Å²) in [6.45, 7) is -0.776. The van der Waals surface area contributed by atoms with Crippen LogP contribution in [0.1, 0.15) is 19.3 Å². The number of carbonyl (C=O) groups is 2. The molecule has 2 fully saturated rings. The van der Waals surface area contributed by atoms with Crippen LogP contribution in [0.3, 0.4) is 0 Å². The fraction of sp³-hybridized carbons (Fsp3) is 0.579. The molecule has 2 aliphatic rings. The highest BCUT2D eigenvalue weighted by Crippen LogP contribution is 2.31. The van der Waals surface area contributed by atoms with E-state index < -0.39 is 64.3 Å². The predicted molar refractivity (Wildman–Crippen MR) is 112 cm³/mol. The van der Waals surface area contributed by atoms with E-state index >= 15 is 0 Å². The molecule has 0 saturated carbocycles. The van der Waals surface area contributed by atoms with Crippen molar-refractivity contribution >= 4 is 17.8 Å². The van der Waals surface area contributed by atoms with Crippen molar-refractivity contribution < 1.29 is 58.0 Å². The smallest absolute Gasteiger partial charge is 0.457 e. The number of nitro benzene ring substituents is 1. The first-order chi connectivity index (χ1) is 17.6. The van der Waals surface area contributed by atoms with Crippen LogP contribution in [-0.2, 0) is 33.4 Å². The highest BCUT2D eigenvalue weighted by Gasteiger charge is 2.51. The molecular weight excluding hydrogens is 510 g/mol. The summed E-state index contributed by atoms with van der Waals surface area (Å²) in [5.41, 5.74) is -0.179. The zero-order valence-corrected chi connectivity index (χ0v) is 18.9. The van der Waals surface area contributed by atoms with Gasteiger partial charge in [0, 0.05) is 18.6 Å². The van der Waals surface area contributed by atoms with Crippen LogP contribution in [0, 0.1) is 30.3 Å². The molecule has 0 aliphatic carbocycles. The third-order valence-electron chi connectivity index (χ3n) is 5.25. The topological polar surface area (TPSA) is 228 Å². The quantitative estimate of drug-likeness (QED) is 0.150. The van der Waals surface area contributed by atoms with Crippen molar-refractivity contribution in [2.24, 2.45) is 0 Å². The molecule has 202 valence electrons. The standard InChI is InChI=1S/C19H21N3O15/c23-16(3-1-2-13(37-22(29)30)8-33-21(27)28)35-14-9-31-18-15(10-32-17(14)18)36-19(24)34-12-6-4-11(5-7-12)20(25)26/h4-7,13-15,17-18H,1-3,8-10H2/t13?,14-,15-,17+,18+/m0/s1. The lowest BCUT2D eigenvalue weighted by Gasteiger charge is -2.17. The highest BCUT2D eigenvalue weighted by atomic mass is 17.0. The van der Waals surface area contributed by atoms with Crippen molar-refractivity contribution in [3.05, 3.63) is 54.6 Å². The Hall–Kier alpha value is -4.32. The van der Waals surface area contributed by atoms with E-state index in [0.717, 1.165) is 12.1 Å². The Kier molecular flexibility index (Phi) is 9.27. The molecule has 1 aromatic rings. The third-order valence-corrected chi connectivity index (χ3v) is 5.25. The van der Waals surface area contributed by atoms with Gasteiger partial charge in [-0.1, -0.05) is 0 Å². The van der Waals surface area contributed by atoms with Crippen LogP contribution in [0.2, 0.25) is 0 Å². The van der Waals surface area contributed by atoms with Gasteiger partial charge >= 0.3 is 12.1 Å². The van der Waals surface area contributed by atoms with Gasteiger partial charge < -0.3 is 33.4 Å². The highest BCUT2D eigenvalue weighted by molar-refractivity contribution is 5.69. The predicted octanol–water partition coefficient (Wildman–Crippen LogP) is 1.14. The summed E-state index contributed by atoms with van der Waals surface area (Å²) in [6, 6.07) is 4.78. The summed E-state index contributed by atoms with van der Waals surface area (Å²) in [4.78, 5) is 63.5. The van der Waals surface area contributed by atoms with Crippen LogP contribution in [0.5, 0.6) is 5.75 Å². The second kappa shape index (κ2) is 12.6. The fourth-order valence-corrected chi connectivity index (χ4v) is 3.64. The molecule has 0 N–H and O–H groups in total. The molecule has 0 bridgehead atoms. The molecule has 37 heavy (non-hydrogen) atoms. The number of benzene rings is 1. The summed E-state index contributed by atoms with van der Waals surface area (Å²) < 4.78 is 26.6. The summed E-state index contributed by atoms with van der Waals surface area (Å²) in [6.07, 6.45) is -5.65. The average molecular weight is 531 g/mol. The van der Waals surface area contributed by atoms with Gasteiger partial charge in [0.2, 0.25) is 0 Å². The number of esters is 1. The van der Waals surface area contributed by atoms with E-state index in [1.807, 2.05) is 0 Å². The molecule has 18 nitrogen and oxygen atoms in total. The maximum atomic E-state index is 12.2. The van der Waals surface area contributed by atoms with E-state index in [9.17, 15) is 39.9 Å². The summed E-state index contributed by atoms with van der Waals surface area (Å²) >= 11 is 0. The molecule has 5 atom stereocenters. The number of ether oxygens (including phenoxy) is 5. The van der Waals surface area contributed by atoms with Crippen molar-refractivity contribution in [2.75, 3.05) is 19.8 Å². The van der Waals surface area contributed by atoms with Gasteiger partial charge in [0.05, 0.1) is 18.1 Å². The second-order valence-electron chi connectivity index (χ2n) is 7.75. The molecule has 18 heteroatoms. The van der Waals surface area contributed by atoms with Crippen LogP contribution in [0.25, 0.3) is 0 Å². The third kappa shape index (κ3) is 8.10. The minimum absolute atomic E-state index is 0.0287. The van der Waals surface area contributed by atoms with Crippen molar-refractivity contribution in [3.63, 3.8) is 0 Å². The summed E-state index contributed by atoms with van der Waals surface area (Å²) in [5.74, 6) is -0.643. The second-order valence-corrected chi connectivity index (χ2v) is 7.75. The lowest BCUT2D eigenvalue weighted by Crippen LogP contribution is -2.36. The maximum absolute atomic E-state index is 12.2. The number of hydrogen-bond donors (Lipinski definition) is 0. The van der Waals surface area contributed by atoms with Crippen LogP contribution >= 0.6 is 0 Å². The van der Waals surface area contributed by atoms with E-state index in [1.165, 1.54) is 12.1 Å². The van der Waals surface area contributed by atoms with Gasteiger partial charge in [-0.2, -0.15) is 0 Å². The van der Waals surface area contributed by atoms with E-state index in [-0.39, 0.29) is 43.9 Å². The van der Waals surface area contributed by atoms with Gasteiger partial charge in [0.15, 0.2) is 12.2 Å². The molecule has 1 unspecified atom stereocenters. The van der Waals surface area contributed by atoms with Gasteiger partial charge in [0.1, 0.15) is 30.7 Å². The van der Waals surface area contributed by atoms with E-state index in [1.54, 1.807) is 0 Å². The lowest BCUT2D eigenvalue weighted by atomic mass is 10.1. The number of carbonyl (C=O) groups excluding carboxylic acids is 2. The minimum Gasteiger partial charge on any atom is -0.457 e. The van der Waals surface area contributed by atoms with Crippen LogP contribution in [0.15, 0.2) is 24.3 Å². The monoisotopic (exact) mass is 531 g/mol. The molecule has 1 aromatic carbocycles. The van der Waals surface area contributed by atoms with Crippen LogP contribution in [0.4, 0.5) is 10.5 Å². The molecule has 2 aliphatic heterocycles.